The summed E-state index contributed by atoms with van der Waals surface area (Å²) < 4.78 is 0. The number of aliphatic hydroxyl groups excluding tert-OH is 2. The van der Waals surface area contributed by atoms with Gasteiger partial charge in [0.1, 0.15) is 0 Å². The highest BCUT2D eigenvalue weighted by atomic mass is 32.1. The number of nitrogens with two attached hydrogens (primary N) is 1. The molecule has 0 aliphatic carbocycles. The maximum absolute atomic E-state index is 9.09. The van der Waals surface area contributed by atoms with E-state index in [1.165, 1.54) is 9.75 Å². The number of aryl methyl sites for hydroxylation is 1. The molecule has 4 nitrogen and oxygen atoms in total. The van der Waals surface area contributed by atoms with E-state index in [1.807, 2.05) is 11.8 Å². The molecule has 0 amide bonds. The van der Waals surface area contributed by atoms with Crippen LogP contribution in [0.1, 0.15) is 22.7 Å². The Bertz CT molecular complexity index is 322. The molecule has 2 atom stereocenters. The van der Waals surface area contributed by atoms with E-state index in [1.54, 1.807) is 11.3 Å². The van der Waals surface area contributed by atoms with Crippen molar-refractivity contribution in [2.45, 2.75) is 25.9 Å². The Balaban J connectivity index is 2.89. The fourth-order valence-electron chi connectivity index (χ4n) is 2.03. The van der Waals surface area contributed by atoms with Crippen molar-refractivity contribution in [3.8, 4) is 0 Å². The SMILES string of the molecule is Cc1ccc(C(C(C)N)N(CCO)CCO)s1. The zero-order valence-electron chi connectivity index (χ0n) is 10.5. The van der Waals surface area contributed by atoms with Crippen molar-refractivity contribution in [2.75, 3.05) is 26.3 Å². The molecule has 1 aromatic rings. The normalized spacial score (nSPS) is 15.2. The molecular formula is C12H22N2O2S. The van der Waals surface area contributed by atoms with Crippen LogP contribution in [0.15, 0.2) is 12.1 Å². The van der Waals surface area contributed by atoms with Crippen LogP contribution >= 0.6 is 11.3 Å². The maximum Gasteiger partial charge on any atom is 0.0592 e. The quantitative estimate of drug-likeness (QED) is 0.674. The molecule has 0 aliphatic heterocycles. The van der Waals surface area contributed by atoms with E-state index >= 15 is 0 Å². The molecule has 1 aromatic heterocycles. The van der Waals surface area contributed by atoms with E-state index in [0.29, 0.717) is 13.1 Å². The van der Waals surface area contributed by atoms with Gasteiger partial charge in [-0.05, 0) is 26.0 Å². The second kappa shape index (κ2) is 7.08. The first-order valence-corrected chi connectivity index (χ1v) is 6.69. The highest BCUT2D eigenvalue weighted by Gasteiger charge is 2.24. The zero-order chi connectivity index (χ0) is 12.8. The summed E-state index contributed by atoms with van der Waals surface area (Å²) in [4.78, 5) is 4.48. The number of nitrogens with zero attached hydrogens (tertiary/aromatic N) is 1. The molecule has 98 valence electrons. The molecule has 2 unspecified atom stereocenters. The molecule has 0 bridgehead atoms. The summed E-state index contributed by atoms with van der Waals surface area (Å²) in [6.45, 7) is 5.24. The van der Waals surface area contributed by atoms with Gasteiger partial charge < -0.3 is 15.9 Å². The summed E-state index contributed by atoms with van der Waals surface area (Å²) >= 11 is 1.72. The van der Waals surface area contributed by atoms with E-state index in [-0.39, 0.29) is 25.3 Å². The van der Waals surface area contributed by atoms with Crippen LogP contribution in [0.3, 0.4) is 0 Å². The third-order valence-corrected chi connectivity index (χ3v) is 3.79. The van der Waals surface area contributed by atoms with E-state index in [4.69, 9.17) is 15.9 Å². The van der Waals surface area contributed by atoms with Crippen LogP contribution in [0.25, 0.3) is 0 Å². The highest BCUT2D eigenvalue weighted by Crippen LogP contribution is 2.29. The van der Waals surface area contributed by atoms with Crippen molar-refractivity contribution in [1.29, 1.82) is 0 Å². The highest BCUT2D eigenvalue weighted by molar-refractivity contribution is 7.12. The molecule has 4 N–H and O–H groups in total. The summed E-state index contributed by atoms with van der Waals surface area (Å²) in [5.41, 5.74) is 6.04. The van der Waals surface area contributed by atoms with Gasteiger partial charge in [0.25, 0.3) is 0 Å². The second-order valence-electron chi connectivity index (χ2n) is 4.24. The van der Waals surface area contributed by atoms with Gasteiger partial charge in [0.05, 0.1) is 19.3 Å². The first-order valence-electron chi connectivity index (χ1n) is 5.87. The maximum atomic E-state index is 9.09. The molecule has 0 spiro atoms. The first kappa shape index (κ1) is 14.6. The number of hydrogen-bond donors (Lipinski definition) is 3. The molecule has 0 fully saturated rings. The summed E-state index contributed by atoms with van der Waals surface area (Å²) in [7, 11) is 0. The lowest BCUT2D eigenvalue weighted by Crippen LogP contribution is -2.42. The van der Waals surface area contributed by atoms with Gasteiger partial charge in [0, 0.05) is 28.9 Å². The monoisotopic (exact) mass is 258 g/mol. The average molecular weight is 258 g/mol. The van der Waals surface area contributed by atoms with Crippen LogP contribution in [-0.4, -0.2) is 47.5 Å². The van der Waals surface area contributed by atoms with Crippen molar-refractivity contribution in [2.24, 2.45) is 5.73 Å². The lowest BCUT2D eigenvalue weighted by molar-refractivity contribution is 0.113. The van der Waals surface area contributed by atoms with Gasteiger partial charge in [0.15, 0.2) is 0 Å². The van der Waals surface area contributed by atoms with Crippen LogP contribution in [0.2, 0.25) is 0 Å². The minimum atomic E-state index is -0.0360. The van der Waals surface area contributed by atoms with Gasteiger partial charge in [-0.1, -0.05) is 0 Å². The Morgan fingerprint density at radius 1 is 1.29 bits per heavy atom. The van der Waals surface area contributed by atoms with E-state index < -0.39 is 0 Å². The fourth-order valence-corrected chi connectivity index (χ4v) is 3.16. The summed E-state index contributed by atoms with van der Waals surface area (Å²) in [6, 6.07) is 4.18. The fraction of sp³-hybridized carbons (Fsp3) is 0.667. The van der Waals surface area contributed by atoms with Crippen molar-refractivity contribution in [1.82, 2.24) is 4.90 Å². The van der Waals surface area contributed by atoms with Crippen LogP contribution in [0.5, 0.6) is 0 Å². The third-order valence-electron chi connectivity index (χ3n) is 2.72. The van der Waals surface area contributed by atoms with Crippen LogP contribution in [-0.2, 0) is 0 Å². The summed E-state index contributed by atoms with van der Waals surface area (Å²) in [5.74, 6) is 0. The van der Waals surface area contributed by atoms with Crippen LogP contribution in [0.4, 0.5) is 0 Å². The summed E-state index contributed by atoms with van der Waals surface area (Å²) in [6.07, 6.45) is 0. The minimum Gasteiger partial charge on any atom is -0.395 e. The molecule has 0 aromatic carbocycles. The van der Waals surface area contributed by atoms with Gasteiger partial charge in [-0.25, -0.2) is 0 Å². The van der Waals surface area contributed by atoms with Gasteiger partial charge in [-0.3, -0.25) is 4.90 Å². The smallest absolute Gasteiger partial charge is 0.0592 e. The van der Waals surface area contributed by atoms with Crippen molar-refractivity contribution in [3.63, 3.8) is 0 Å². The zero-order valence-corrected chi connectivity index (χ0v) is 11.3. The van der Waals surface area contributed by atoms with Gasteiger partial charge >= 0.3 is 0 Å². The van der Waals surface area contributed by atoms with Crippen LogP contribution < -0.4 is 5.73 Å². The topological polar surface area (TPSA) is 69.7 Å². The number of thiophene rings is 1. The number of hydrogen-bond acceptors (Lipinski definition) is 5. The van der Waals surface area contributed by atoms with Crippen molar-refractivity contribution < 1.29 is 10.2 Å². The number of aliphatic hydroxyl groups is 2. The minimum absolute atomic E-state index is 0.0360. The van der Waals surface area contributed by atoms with Crippen molar-refractivity contribution >= 4 is 11.3 Å². The molecular weight excluding hydrogens is 236 g/mol. The Kier molecular flexibility index (Phi) is 6.08. The molecule has 17 heavy (non-hydrogen) atoms. The Hall–Kier alpha value is -0.460. The third kappa shape index (κ3) is 4.04. The van der Waals surface area contributed by atoms with E-state index in [2.05, 4.69) is 19.1 Å². The van der Waals surface area contributed by atoms with Crippen molar-refractivity contribution in [3.05, 3.63) is 21.9 Å². The predicted octanol–water partition coefficient (Wildman–Crippen LogP) is 0.731. The Morgan fingerprint density at radius 3 is 2.24 bits per heavy atom. The largest absolute Gasteiger partial charge is 0.395 e. The lowest BCUT2D eigenvalue weighted by Gasteiger charge is -2.32. The Morgan fingerprint density at radius 2 is 1.88 bits per heavy atom. The lowest BCUT2D eigenvalue weighted by atomic mass is 10.1. The Labute approximate surface area is 107 Å². The van der Waals surface area contributed by atoms with Crippen LogP contribution in [0, 0.1) is 6.92 Å². The van der Waals surface area contributed by atoms with E-state index in [9.17, 15) is 0 Å². The predicted molar refractivity (Wildman–Crippen MR) is 71.2 cm³/mol. The molecule has 1 rings (SSSR count). The van der Waals surface area contributed by atoms with Gasteiger partial charge in [-0.2, -0.15) is 0 Å². The van der Waals surface area contributed by atoms with E-state index in [0.717, 1.165) is 0 Å². The molecule has 0 aliphatic rings. The second-order valence-corrected chi connectivity index (χ2v) is 5.56. The molecule has 0 radical (unpaired) electrons. The molecule has 5 heteroatoms. The molecule has 0 saturated heterocycles. The first-order chi connectivity index (χ1) is 8.10. The standard InChI is InChI=1S/C12H22N2O2S/c1-9-3-4-11(17-9)12(10(2)13)14(5-7-15)6-8-16/h3-4,10,12,15-16H,5-8,13H2,1-2H3. The number of rotatable bonds is 7. The van der Waals surface area contributed by atoms with Gasteiger partial charge in [-0.15, -0.1) is 11.3 Å². The summed E-state index contributed by atoms with van der Waals surface area (Å²) in [5, 5.41) is 18.2. The molecule has 1 heterocycles. The molecule has 0 saturated carbocycles. The van der Waals surface area contributed by atoms with Gasteiger partial charge in [0.2, 0.25) is 0 Å². The average Bonchev–Trinajstić information content (AvgIpc) is 2.65.